The summed E-state index contributed by atoms with van der Waals surface area (Å²) >= 11 is 0. The van der Waals surface area contributed by atoms with Gasteiger partial charge in [-0.3, -0.25) is 0 Å². The molecule has 0 amide bonds. The van der Waals surface area contributed by atoms with Gasteiger partial charge in [-0.2, -0.15) is 0 Å². The summed E-state index contributed by atoms with van der Waals surface area (Å²) in [6.07, 6.45) is 8.93. The van der Waals surface area contributed by atoms with Crippen LogP contribution in [0.3, 0.4) is 0 Å². The van der Waals surface area contributed by atoms with Crippen LogP contribution in [0.1, 0.15) is 66.6 Å². The first-order valence-electron chi connectivity index (χ1n) is 12.2. The van der Waals surface area contributed by atoms with Crippen molar-refractivity contribution in [2.24, 2.45) is 0 Å². The summed E-state index contributed by atoms with van der Waals surface area (Å²) in [5, 5.41) is 7.20. The van der Waals surface area contributed by atoms with Crippen molar-refractivity contribution < 1.29 is 9.47 Å². The fraction of sp³-hybridized carbons (Fsp3) is 0.556. The van der Waals surface area contributed by atoms with Crippen LogP contribution < -0.4 is 10.6 Å². The smallest absolute Gasteiger partial charge is 0.0952 e. The second-order valence-electron chi connectivity index (χ2n) is 8.79. The Hall–Kier alpha value is -1.72. The molecule has 2 atom stereocenters. The first-order valence-corrected chi connectivity index (χ1v) is 12.2. The zero-order valence-corrected chi connectivity index (χ0v) is 18.8. The van der Waals surface area contributed by atoms with Crippen molar-refractivity contribution in [1.82, 2.24) is 10.6 Å². The summed E-state index contributed by atoms with van der Waals surface area (Å²) < 4.78 is 11.9. The molecule has 0 saturated heterocycles. The molecule has 4 nitrogen and oxygen atoms in total. The van der Waals surface area contributed by atoms with Gasteiger partial charge in [0.2, 0.25) is 0 Å². The number of ether oxygens (including phenoxy) is 2. The molecule has 0 saturated carbocycles. The predicted octanol–water partition coefficient (Wildman–Crippen LogP) is 4.74. The maximum atomic E-state index is 5.97. The number of fused-ring (bicyclic) bond motifs is 2. The fourth-order valence-electron chi connectivity index (χ4n) is 4.79. The Labute approximate surface area is 187 Å². The zero-order valence-electron chi connectivity index (χ0n) is 18.8. The summed E-state index contributed by atoms with van der Waals surface area (Å²) in [5.41, 5.74) is 5.65. The van der Waals surface area contributed by atoms with Crippen molar-refractivity contribution >= 4 is 0 Å². The lowest BCUT2D eigenvalue weighted by Crippen LogP contribution is -2.28. The molecule has 2 aliphatic rings. The highest BCUT2D eigenvalue weighted by atomic mass is 16.5. The minimum absolute atomic E-state index is 0.219. The van der Waals surface area contributed by atoms with E-state index in [0.717, 1.165) is 52.2 Å². The molecule has 0 unspecified atom stereocenters. The fourth-order valence-corrected chi connectivity index (χ4v) is 4.79. The summed E-state index contributed by atoms with van der Waals surface area (Å²) in [7, 11) is 0. The Kier molecular flexibility index (Phi) is 8.95. The van der Waals surface area contributed by atoms with Gasteiger partial charge in [-0.15, -0.1) is 0 Å². The molecule has 0 fully saturated rings. The summed E-state index contributed by atoms with van der Waals surface area (Å²) in [5.74, 6) is 0. The van der Waals surface area contributed by atoms with Crippen LogP contribution >= 0.6 is 0 Å². The van der Waals surface area contributed by atoms with E-state index < -0.39 is 0 Å². The molecular formula is C27H38N2O2. The maximum absolute atomic E-state index is 5.97. The monoisotopic (exact) mass is 422 g/mol. The van der Waals surface area contributed by atoms with Gasteiger partial charge in [-0.05, 0) is 61.0 Å². The van der Waals surface area contributed by atoms with Crippen LogP contribution in [0, 0.1) is 0 Å². The zero-order chi connectivity index (χ0) is 21.1. The average molecular weight is 423 g/mol. The second kappa shape index (κ2) is 12.4. The molecule has 4 heteroatoms. The molecule has 0 aromatic heterocycles. The third-order valence-corrected chi connectivity index (χ3v) is 6.55. The van der Waals surface area contributed by atoms with Gasteiger partial charge in [0.25, 0.3) is 0 Å². The lowest BCUT2D eigenvalue weighted by molar-refractivity contribution is 0.0426. The molecule has 0 aliphatic carbocycles. The van der Waals surface area contributed by atoms with E-state index >= 15 is 0 Å². The van der Waals surface area contributed by atoms with Gasteiger partial charge in [-0.1, -0.05) is 67.8 Å². The van der Waals surface area contributed by atoms with Crippen molar-refractivity contribution in [1.29, 1.82) is 0 Å². The van der Waals surface area contributed by atoms with Crippen molar-refractivity contribution in [3.63, 3.8) is 0 Å². The van der Waals surface area contributed by atoms with E-state index in [1.54, 1.807) is 0 Å². The van der Waals surface area contributed by atoms with Crippen molar-refractivity contribution in [2.45, 2.75) is 57.2 Å². The minimum Gasteiger partial charge on any atom is -0.372 e. The van der Waals surface area contributed by atoms with Gasteiger partial charge in [0, 0.05) is 13.1 Å². The van der Waals surface area contributed by atoms with Gasteiger partial charge in [0.1, 0.15) is 0 Å². The summed E-state index contributed by atoms with van der Waals surface area (Å²) in [4.78, 5) is 0. The Morgan fingerprint density at radius 3 is 1.58 bits per heavy atom. The van der Waals surface area contributed by atoms with Crippen molar-refractivity contribution in [2.75, 3.05) is 39.4 Å². The minimum atomic E-state index is 0.219. The standard InChI is InChI=1S/C27H38N2O2/c1(2-8-16-28-20-26-24-12-6-4-10-22(24)14-18-30-26)3-9-17-29-21-27-25-13-7-5-11-23(25)15-19-31-27/h4-7,10-13,26-29H,1-3,8-9,14-21H2/t26-,27+. The highest BCUT2D eigenvalue weighted by molar-refractivity contribution is 5.32. The van der Waals surface area contributed by atoms with Crippen LogP contribution in [-0.2, 0) is 22.3 Å². The molecule has 2 heterocycles. The van der Waals surface area contributed by atoms with Crippen LogP contribution in [0.25, 0.3) is 0 Å². The molecule has 2 aromatic carbocycles. The van der Waals surface area contributed by atoms with E-state index in [9.17, 15) is 0 Å². The number of hydrogen-bond donors (Lipinski definition) is 2. The third-order valence-electron chi connectivity index (χ3n) is 6.55. The van der Waals surface area contributed by atoms with E-state index in [4.69, 9.17) is 9.47 Å². The number of nitrogens with one attached hydrogen (secondary N) is 2. The van der Waals surface area contributed by atoms with Crippen LogP contribution in [0.15, 0.2) is 48.5 Å². The maximum Gasteiger partial charge on any atom is 0.0952 e. The molecule has 0 spiro atoms. The van der Waals surface area contributed by atoms with Gasteiger partial charge in [-0.25, -0.2) is 0 Å². The summed E-state index contributed by atoms with van der Waals surface area (Å²) in [6, 6.07) is 17.4. The highest BCUT2D eigenvalue weighted by Crippen LogP contribution is 2.27. The van der Waals surface area contributed by atoms with Crippen LogP contribution in [0.4, 0.5) is 0 Å². The molecule has 31 heavy (non-hydrogen) atoms. The third kappa shape index (κ3) is 6.63. The van der Waals surface area contributed by atoms with Crippen LogP contribution in [0.5, 0.6) is 0 Å². The van der Waals surface area contributed by atoms with Crippen molar-refractivity contribution in [3.8, 4) is 0 Å². The van der Waals surface area contributed by atoms with E-state index in [1.807, 2.05) is 0 Å². The molecule has 168 valence electrons. The topological polar surface area (TPSA) is 42.5 Å². The Balaban J connectivity index is 0.999. The molecule has 0 bridgehead atoms. The van der Waals surface area contributed by atoms with Gasteiger partial charge < -0.3 is 20.1 Å². The van der Waals surface area contributed by atoms with Gasteiger partial charge >= 0.3 is 0 Å². The SMILES string of the molecule is c1ccc2c(c1)CCO[C@H]2CNCCCCCCCNC[C@H]1OCCc2ccccc21. The number of unbranched alkanes of at least 4 members (excludes halogenated alkanes) is 4. The predicted molar refractivity (Wildman–Crippen MR) is 127 cm³/mol. The van der Waals surface area contributed by atoms with Crippen LogP contribution in [-0.4, -0.2) is 39.4 Å². The summed E-state index contributed by atoms with van der Waals surface area (Å²) in [6.45, 7) is 5.70. The number of hydrogen-bond acceptors (Lipinski definition) is 4. The first-order chi connectivity index (χ1) is 15.4. The largest absolute Gasteiger partial charge is 0.372 e. The van der Waals surface area contributed by atoms with E-state index in [2.05, 4.69) is 59.2 Å². The van der Waals surface area contributed by atoms with Crippen LogP contribution in [0.2, 0.25) is 0 Å². The molecule has 4 rings (SSSR count). The average Bonchev–Trinajstić information content (AvgIpc) is 2.82. The lowest BCUT2D eigenvalue weighted by atomic mass is 9.97. The molecule has 0 radical (unpaired) electrons. The normalized spacial score (nSPS) is 20.3. The molecule has 2 N–H and O–H groups in total. The van der Waals surface area contributed by atoms with E-state index in [-0.39, 0.29) is 12.2 Å². The number of rotatable bonds is 12. The first kappa shape index (κ1) is 22.5. The van der Waals surface area contributed by atoms with E-state index in [0.29, 0.717) is 0 Å². The lowest BCUT2D eigenvalue weighted by Gasteiger charge is -2.26. The Morgan fingerprint density at radius 2 is 1.06 bits per heavy atom. The Bertz CT molecular complexity index is 729. The molecule has 2 aromatic rings. The van der Waals surface area contributed by atoms with Crippen molar-refractivity contribution in [3.05, 3.63) is 70.8 Å². The van der Waals surface area contributed by atoms with Gasteiger partial charge in [0.05, 0.1) is 25.4 Å². The molecular weight excluding hydrogens is 384 g/mol. The number of benzene rings is 2. The second-order valence-corrected chi connectivity index (χ2v) is 8.79. The van der Waals surface area contributed by atoms with E-state index in [1.165, 1.54) is 54.4 Å². The highest BCUT2D eigenvalue weighted by Gasteiger charge is 2.20. The van der Waals surface area contributed by atoms with Gasteiger partial charge in [0.15, 0.2) is 0 Å². The Morgan fingerprint density at radius 1 is 0.613 bits per heavy atom. The quantitative estimate of drug-likeness (QED) is 0.485. The molecule has 2 aliphatic heterocycles.